The highest BCUT2D eigenvalue weighted by Crippen LogP contribution is 2.17. The first-order valence-corrected chi connectivity index (χ1v) is 6.23. The van der Waals surface area contributed by atoms with Gasteiger partial charge < -0.3 is 10.1 Å². The van der Waals surface area contributed by atoms with Gasteiger partial charge in [-0.25, -0.2) is 4.98 Å². The molecule has 0 aliphatic heterocycles. The third kappa shape index (κ3) is 3.14. The molecule has 1 N–H and O–H groups in total. The van der Waals surface area contributed by atoms with E-state index in [-0.39, 0.29) is 0 Å². The summed E-state index contributed by atoms with van der Waals surface area (Å²) in [4.78, 5) is 4.16. The van der Waals surface area contributed by atoms with Gasteiger partial charge in [-0.15, -0.1) is 11.6 Å². The molecule has 2 aromatic rings. The Labute approximate surface area is 112 Å². The third-order valence-electron chi connectivity index (χ3n) is 2.61. The summed E-state index contributed by atoms with van der Waals surface area (Å²) in [6.45, 7) is 0.669. The van der Waals surface area contributed by atoms with Gasteiger partial charge in [0.25, 0.3) is 0 Å². The number of methoxy groups -OCH3 is 1. The summed E-state index contributed by atoms with van der Waals surface area (Å²) >= 11 is 5.81. The molecule has 94 valence electrons. The molecule has 18 heavy (non-hydrogen) atoms. The van der Waals surface area contributed by atoms with Gasteiger partial charge >= 0.3 is 0 Å². The standard InChI is InChI=1S/C14H15ClN2O/c1-18-14-12(5-3-7-16-14)10-17-13-6-2-4-11(8-13)9-15/h2-8,17H,9-10H2,1H3. The molecule has 0 spiro atoms. The minimum Gasteiger partial charge on any atom is -0.481 e. The zero-order valence-corrected chi connectivity index (χ0v) is 10.9. The van der Waals surface area contributed by atoms with Crippen molar-refractivity contribution in [1.82, 2.24) is 4.98 Å². The molecule has 3 nitrogen and oxygen atoms in total. The van der Waals surface area contributed by atoms with Gasteiger partial charge in [0.05, 0.1) is 7.11 Å². The van der Waals surface area contributed by atoms with Crippen LogP contribution in [0, 0.1) is 0 Å². The van der Waals surface area contributed by atoms with Gasteiger partial charge in [0, 0.05) is 29.9 Å². The Bertz CT molecular complexity index is 517. The number of alkyl halides is 1. The summed E-state index contributed by atoms with van der Waals surface area (Å²) in [5.41, 5.74) is 3.16. The number of anilines is 1. The third-order valence-corrected chi connectivity index (χ3v) is 2.92. The van der Waals surface area contributed by atoms with Crippen LogP contribution in [0.5, 0.6) is 5.88 Å². The summed E-state index contributed by atoms with van der Waals surface area (Å²) in [6.07, 6.45) is 1.72. The van der Waals surface area contributed by atoms with Crippen molar-refractivity contribution in [2.45, 2.75) is 12.4 Å². The zero-order chi connectivity index (χ0) is 12.8. The molecule has 0 saturated heterocycles. The lowest BCUT2D eigenvalue weighted by molar-refractivity contribution is 0.393. The topological polar surface area (TPSA) is 34.1 Å². The van der Waals surface area contributed by atoms with Gasteiger partial charge in [-0.3, -0.25) is 0 Å². The van der Waals surface area contributed by atoms with E-state index in [1.807, 2.05) is 36.4 Å². The molecule has 0 saturated carbocycles. The molecule has 0 amide bonds. The van der Waals surface area contributed by atoms with E-state index in [2.05, 4.69) is 10.3 Å². The van der Waals surface area contributed by atoms with Crippen molar-refractivity contribution in [3.8, 4) is 5.88 Å². The Balaban J connectivity index is 2.06. The Morgan fingerprint density at radius 3 is 2.94 bits per heavy atom. The van der Waals surface area contributed by atoms with Crippen LogP contribution in [-0.2, 0) is 12.4 Å². The van der Waals surface area contributed by atoms with E-state index < -0.39 is 0 Å². The quantitative estimate of drug-likeness (QED) is 0.838. The molecule has 0 bridgehead atoms. The Morgan fingerprint density at radius 2 is 2.17 bits per heavy atom. The van der Waals surface area contributed by atoms with Crippen LogP contribution in [0.25, 0.3) is 0 Å². The number of pyridine rings is 1. The van der Waals surface area contributed by atoms with Gasteiger partial charge in [0.2, 0.25) is 5.88 Å². The largest absolute Gasteiger partial charge is 0.481 e. The average molecular weight is 263 g/mol. The van der Waals surface area contributed by atoms with Crippen molar-refractivity contribution < 1.29 is 4.74 Å². The van der Waals surface area contributed by atoms with Crippen LogP contribution < -0.4 is 10.1 Å². The second kappa shape index (κ2) is 6.26. The van der Waals surface area contributed by atoms with Crippen LogP contribution in [0.1, 0.15) is 11.1 Å². The van der Waals surface area contributed by atoms with Crippen LogP contribution in [0.4, 0.5) is 5.69 Å². The molecule has 0 unspecified atom stereocenters. The fraction of sp³-hybridized carbons (Fsp3) is 0.214. The maximum atomic E-state index is 5.81. The molecule has 2 rings (SSSR count). The summed E-state index contributed by atoms with van der Waals surface area (Å²) in [5.74, 6) is 1.17. The van der Waals surface area contributed by atoms with Crippen molar-refractivity contribution in [2.75, 3.05) is 12.4 Å². The number of halogens is 1. The second-order valence-corrected chi connectivity index (χ2v) is 4.13. The van der Waals surface area contributed by atoms with Gasteiger partial charge in [0.1, 0.15) is 0 Å². The monoisotopic (exact) mass is 262 g/mol. The number of aromatic nitrogens is 1. The molecule has 1 aromatic carbocycles. The van der Waals surface area contributed by atoms with Crippen molar-refractivity contribution in [3.05, 3.63) is 53.7 Å². The SMILES string of the molecule is COc1ncccc1CNc1cccc(CCl)c1. The fourth-order valence-corrected chi connectivity index (χ4v) is 1.87. The summed E-state index contributed by atoms with van der Waals surface area (Å²) in [6, 6.07) is 11.9. The van der Waals surface area contributed by atoms with Gasteiger partial charge in [-0.2, -0.15) is 0 Å². The fourth-order valence-electron chi connectivity index (χ4n) is 1.70. The van der Waals surface area contributed by atoms with E-state index in [0.29, 0.717) is 18.3 Å². The molecule has 0 atom stereocenters. The second-order valence-electron chi connectivity index (χ2n) is 3.86. The molecule has 0 aliphatic rings. The average Bonchev–Trinajstić information content (AvgIpc) is 2.45. The molecular weight excluding hydrogens is 248 g/mol. The molecule has 0 aliphatic carbocycles. The Hall–Kier alpha value is -1.74. The predicted molar refractivity (Wildman–Crippen MR) is 74.1 cm³/mol. The van der Waals surface area contributed by atoms with Crippen molar-refractivity contribution in [2.24, 2.45) is 0 Å². The highest BCUT2D eigenvalue weighted by Gasteiger charge is 2.02. The number of rotatable bonds is 5. The summed E-state index contributed by atoms with van der Waals surface area (Å²) in [7, 11) is 1.62. The first-order valence-electron chi connectivity index (χ1n) is 5.70. The smallest absolute Gasteiger partial charge is 0.218 e. The Kier molecular flexibility index (Phi) is 4.42. The first-order chi connectivity index (χ1) is 8.83. The first kappa shape index (κ1) is 12.7. The molecular formula is C14H15ClN2O. The maximum Gasteiger partial charge on any atom is 0.218 e. The molecule has 1 aromatic heterocycles. The van der Waals surface area contributed by atoms with E-state index in [1.54, 1.807) is 13.3 Å². The maximum absolute atomic E-state index is 5.81. The van der Waals surface area contributed by atoms with Crippen molar-refractivity contribution >= 4 is 17.3 Å². The van der Waals surface area contributed by atoms with Crippen molar-refractivity contribution in [1.29, 1.82) is 0 Å². The number of nitrogens with zero attached hydrogens (tertiary/aromatic N) is 1. The Morgan fingerprint density at radius 1 is 1.28 bits per heavy atom. The molecule has 0 radical (unpaired) electrons. The van der Waals surface area contributed by atoms with Crippen LogP contribution in [-0.4, -0.2) is 12.1 Å². The normalized spacial score (nSPS) is 10.1. The van der Waals surface area contributed by atoms with Crippen LogP contribution in [0.2, 0.25) is 0 Å². The van der Waals surface area contributed by atoms with E-state index in [9.17, 15) is 0 Å². The van der Waals surface area contributed by atoms with E-state index in [4.69, 9.17) is 16.3 Å². The number of hydrogen-bond acceptors (Lipinski definition) is 3. The van der Waals surface area contributed by atoms with Crippen LogP contribution in [0.3, 0.4) is 0 Å². The summed E-state index contributed by atoms with van der Waals surface area (Å²) < 4.78 is 5.21. The lowest BCUT2D eigenvalue weighted by atomic mass is 10.2. The number of hydrogen-bond donors (Lipinski definition) is 1. The zero-order valence-electron chi connectivity index (χ0n) is 10.2. The van der Waals surface area contributed by atoms with Gasteiger partial charge in [-0.05, 0) is 23.8 Å². The lowest BCUT2D eigenvalue weighted by Gasteiger charge is -2.10. The van der Waals surface area contributed by atoms with Crippen LogP contribution >= 0.6 is 11.6 Å². The number of ether oxygens (including phenoxy) is 1. The highest BCUT2D eigenvalue weighted by molar-refractivity contribution is 6.17. The number of benzene rings is 1. The highest BCUT2D eigenvalue weighted by atomic mass is 35.5. The summed E-state index contributed by atoms with van der Waals surface area (Å²) in [5, 5.41) is 3.33. The minimum atomic E-state index is 0.520. The van der Waals surface area contributed by atoms with E-state index >= 15 is 0 Å². The predicted octanol–water partition coefficient (Wildman–Crippen LogP) is 3.44. The van der Waals surface area contributed by atoms with E-state index in [0.717, 1.165) is 16.8 Å². The van der Waals surface area contributed by atoms with Crippen LogP contribution in [0.15, 0.2) is 42.6 Å². The van der Waals surface area contributed by atoms with Gasteiger partial charge in [-0.1, -0.05) is 18.2 Å². The lowest BCUT2D eigenvalue weighted by Crippen LogP contribution is -2.02. The number of nitrogens with one attached hydrogen (secondary N) is 1. The minimum absolute atomic E-state index is 0.520. The molecule has 1 heterocycles. The molecule has 0 fully saturated rings. The van der Waals surface area contributed by atoms with Gasteiger partial charge in [0.15, 0.2) is 0 Å². The van der Waals surface area contributed by atoms with E-state index in [1.165, 1.54) is 0 Å². The van der Waals surface area contributed by atoms with Crippen molar-refractivity contribution in [3.63, 3.8) is 0 Å². The molecule has 4 heteroatoms.